The highest BCUT2D eigenvalue weighted by Gasteiger charge is 2.32. The fraction of sp³-hybridized carbons (Fsp3) is 0.333. The van der Waals surface area contributed by atoms with Crippen LogP contribution in [0.25, 0.3) is 0 Å². The van der Waals surface area contributed by atoms with Gasteiger partial charge in [-0.1, -0.05) is 12.1 Å². The molecule has 1 unspecified atom stereocenters. The standard InChI is InChI=1S/C12H10F4O3/c1-2-19-11(18)9(13)10(17)7-3-5-8(6-4-7)12(14,15)16/h3-6,9H,2H2,1H3. The van der Waals surface area contributed by atoms with E-state index in [0.717, 1.165) is 12.1 Å². The summed E-state index contributed by atoms with van der Waals surface area (Å²) in [7, 11) is 0. The molecule has 104 valence electrons. The molecule has 1 aromatic carbocycles. The lowest BCUT2D eigenvalue weighted by Gasteiger charge is -2.09. The Morgan fingerprint density at radius 1 is 1.21 bits per heavy atom. The van der Waals surface area contributed by atoms with E-state index in [2.05, 4.69) is 4.74 Å². The second-order valence-corrected chi connectivity index (χ2v) is 3.55. The zero-order chi connectivity index (χ0) is 14.6. The minimum atomic E-state index is -4.54. The highest BCUT2D eigenvalue weighted by molar-refractivity contribution is 6.11. The van der Waals surface area contributed by atoms with Gasteiger partial charge in [-0.25, -0.2) is 9.18 Å². The molecule has 19 heavy (non-hydrogen) atoms. The van der Waals surface area contributed by atoms with Gasteiger partial charge in [0.15, 0.2) is 0 Å². The molecule has 1 atom stereocenters. The Hall–Kier alpha value is -1.92. The smallest absolute Gasteiger partial charge is 0.416 e. The molecule has 0 N–H and O–H groups in total. The van der Waals surface area contributed by atoms with E-state index < -0.39 is 29.7 Å². The maximum Gasteiger partial charge on any atom is 0.416 e. The zero-order valence-corrected chi connectivity index (χ0v) is 9.83. The first kappa shape index (κ1) is 15.1. The van der Waals surface area contributed by atoms with Crippen LogP contribution in [0.4, 0.5) is 17.6 Å². The van der Waals surface area contributed by atoms with Crippen molar-refractivity contribution in [3.63, 3.8) is 0 Å². The number of esters is 1. The molecule has 0 bridgehead atoms. The lowest BCUT2D eigenvalue weighted by Crippen LogP contribution is -2.27. The lowest BCUT2D eigenvalue weighted by molar-refractivity contribution is -0.147. The van der Waals surface area contributed by atoms with Gasteiger partial charge in [0.25, 0.3) is 6.17 Å². The second-order valence-electron chi connectivity index (χ2n) is 3.55. The Bertz CT molecular complexity index is 465. The predicted octanol–water partition coefficient (Wildman–Crippen LogP) is 2.79. The van der Waals surface area contributed by atoms with Gasteiger partial charge in [0.2, 0.25) is 5.78 Å². The molecule has 1 rings (SSSR count). The summed E-state index contributed by atoms with van der Waals surface area (Å²) >= 11 is 0. The molecule has 0 radical (unpaired) electrons. The zero-order valence-electron chi connectivity index (χ0n) is 9.83. The summed E-state index contributed by atoms with van der Waals surface area (Å²) in [6.45, 7) is 1.34. The molecule has 0 spiro atoms. The van der Waals surface area contributed by atoms with E-state index in [9.17, 15) is 27.2 Å². The highest BCUT2D eigenvalue weighted by atomic mass is 19.4. The van der Waals surface area contributed by atoms with Crippen molar-refractivity contribution in [1.82, 2.24) is 0 Å². The van der Waals surface area contributed by atoms with Crippen LogP contribution in [-0.4, -0.2) is 24.5 Å². The third kappa shape index (κ3) is 3.77. The summed E-state index contributed by atoms with van der Waals surface area (Å²) in [6, 6.07) is 2.92. The first-order chi connectivity index (χ1) is 8.77. The van der Waals surface area contributed by atoms with Gasteiger partial charge in [-0.05, 0) is 19.1 Å². The van der Waals surface area contributed by atoms with Crippen LogP contribution in [0.5, 0.6) is 0 Å². The number of hydrogen-bond acceptors (Lipinski definition) is 3. The van der Waals surface area contributed by atoms with Crippen LogP contribution in [0.15, 0.2) is 24.3 Å². The molecular formula is C12H10F4O3. The molecule has 1 aromatic rings. The van der Waals surface area contributed by atoms with Gasteiger partial charge in [-0.15, -0.1) is 0 Å². The minimum Gasteiger partial charge on any atom is -0.463 e. The third-order valence-electron chi connectivity index (χ3n) is 2.22. The Morgan fingerprint density at radius 2 is 1.74 bits per heavy atom. The predicted molar refractivity (Wildman–Crippen MR) is 57.3 cm³/mol. The van der Waals surface area contributed by atoms with Gasteiger partial charge < -0.3 is 4.74 Å². The first-order valence-corrected chi connectivity index (χ1v) is 5.29. The fourth-order valence-corrected chi connectivity index (χ4v) is 1.29. The average Bonchev–Trinajstić information content (AvgIpc) is 2.36. The number of rotatable bonds is 4. The van der Waals surface area contributed by atoms with Crippen LogP contribution in [0, 0.1) is 0 Å². The van der Waals surface area contributed by atoms with Crippen molar-refractivity contribution in [2.45, 2.75) is 19.3 Å². The van der Waals surface area contributed by atoms with Crippen molar-refractivity contribution in [2.75, 3.05) is 6.61 Å². The summed E-state index contributed by atoms with van der Waals surface area (Å²) in [5, 5.41) is 0. The number of Topliss-reactive ketones (excluding diaryl/α,β-unsaturated/α-hetero) is 1. The molecule has 0 aromatic heterocycles. The molecule has 0 heterocycles. The van der Waals surface area contributed by atoms with Crippen molar-refractivity contribution < 1.29 is 31.9 Å². The molecule has 3 nitrogen and oxygen atoms in total. The molecule has 7 heteroatoms. The van der Waals surface area contributed by atoms with Crippen molar-refractivity contribution in [3.8, 4) is 0 Å². The van der Waals surface area contributed by atoms with Crippen molar-refractivity contribution in [2.24, 2.45) is 0 Å². The van der Waals surface area contributed by atoms with E-state index in [-0.39, 0.29) is 12.2 Å². The Labute approximate surface area is 106 Å². The van der Waals surface area contributed by atoms with Crippen LogP contribution in [0.3, 0.4) is 0 Å². The second kappa shape index (κ2) is 5.81. The molecule has 0 amide bonds. The maximum absolute atomic E-state index is 13.4. The highest BCUT2D eigenvalue weighted by Crippen LogP contribution is 2.29. The maximum atomic E-state index is 13.4. The van der Waals surface area contributed by atoms with Crippen LogP contribution in [-0.2, 0) is 15.7 Å². The van der Waals surface area contributed by atoms with Crippen LogP contribution >= 0.6 is 0 Å². The van der Waals surface area contributed by atoms with E-state index in [1.807, 2.05) is 0 Å². The Kier molecular flexibility index (Phi) is 4.63. The van der Waals surface area contributed by atoms with Gasteiger partial charge in [0, 0.05) is 5.56 Å². The molecule has 0 saturated carbocycles. The number of carbonyl (C=O) groups is 2. The van der Waals surface area contributed by atoms with Crippen molar-refractivity contribution >= 4 is 11.8 Å². The molecule has 0 aliphatic heterocycles. The van der Waals surface area contributed by atoms with Crippen molar-refractivity contribution in [1.29, 1.82) is 0 Å². The van der Waals surface area contributed by atoms with Gasteiger partial charge in [-0.2, -0.15) is 13.2 Å². The normalized spacial score (nSPS) is 12.9. The van der Waals surface area contributed by atoms with Gasteiger partial charge in [0.05, 0.1) is 12.2 Å². The van der Waals surface area contributed by atoms with Gasteiger partial charge in [0.1, 0.15) is 0 Å². The summed E-state index contributed by atoms with van der Waals surface area (Å²) in [4.78, 5) is 22.5. The average molecular weight is 278 g/mol. The van der Waals surface area contributed by atoms with E-state index in [0.29, 0.717) is 12.1 Å². The number of ketones is 1. The molecule has 0 aliphatic carbocycles. The Morgan fingerprint density at radius 3 is 2.16 bits per heavy atom. The molecule has 0 aliphatic rings. The molecule has 0 fully saturated rings. The number of carbonyl (C=O) groups excluding carboxylic acids is 2. The summed E-state index contributed by atoms with van der Waals surface area (Å²) in [6.07, 6.45) is -7.07. The van der Waals surface area contributed by atoms with E-state index in [1.165, 1.54) is 6.92 Å². The first-order valence-electron chi connectivity index (χ1n) is 5.29. The van der Waals surface area contributed by atoms with E-state index in [1.54, 1.807) is 0 Å². The largest absolute Gasteiger partial charge is 0.463 e. The van der Waals surface area contributed by atoms with Gasteiger partial charge in [-0.3, -0.25) is 4.79 Å². The van der Waals surface area contributed by atoms with E-state index >= 15 is 0 Å². The minimum absolute atomic E-state index is 0.0977. The summed E-state index contributed by atoms with van der Waals surface area (Å²) in [5.41, 5.74) is -1.29. The summed E-state index contributed by atoms with van der Waals surface area (Å²) in [5.74, 6) is -2.58. The topological polar surface area (TPSA) is 43.4 Å². The lowest BCUT2D eigenvalue weighted by atomic mass is 10.0. The van der Waals surface area contributed by atoms with Crippen LogP contribution < -0.4 is 0 Å². The van der Waals surface area contributed by atoms with Crippen LogP contribution in [0.1, 0.15) is 22.8 Å². The Balaban J connectivity index is 2.87. The molecular weight excluding hydrogens is 268 g/mol. The van der Waals surface area contributed by atoms with Crippen molar-refractivity contribution in [3.05, 3.63) is 35.4 Å². The number of halogens is 4. The monoisotopic (exact) mass is 278 g/mol. The van der Waals surface area contributed by atoms with Crippen LogP contribution in [0.2, 0.25) is 0 Å². The fourth-order valence-electron chi connectivity index (χ4n) is 1.29. The number of benzene rings is 1. The third-order valence-corrected chi connectivity index (χ3v) is 2.22. The summed E-state index contributed by atoms with van der Waals surface area (Å²) < 4.78 is 54.5. The number of ether oxygens (including phenoxy) is 1. The van der Waals surface area contributed by atoms with Gasteiger partial charge >= 0.3 is 12.1 Å². The molecule has 0 saturated heterocycles. The number of hydrogen-bond donors (Lipinski definition) is 0. The van der Waals surface area contributed by atoms with E-state index in [4.69, 9.17) is 0 Å². The SMILES string of the molecule is CCOC(=O)C(F)C(=O)c1ccc(C(F)(F)F)cc1. The quantitative estimate of drug-likeness (QED) is 0.368. The number of alkyl halides is 4.